The van der Waals surface area contributed by atoms with Crippen LogP contribution in [0.1, 0.15) is 24.3 Å². The Hall–Kier alpha value is -1.44. The highest BCUT2D eigenvalue weighted by molar-refractivity contribution is 6.06. The minimum Gasteiger partial charge on any atom is -0.267 e. The van der Waals surface area contributed by atoms with Crippen molar-refractivity contribution in [2.45, 2.75) is 18.8 Å². The number of fused-ring (bicyclic) bond motifs is 1. The molecule has 13 heavy (non-hydrogen) atoms. The van der Waals surface area contributed by atoms with E-state index in [0.717, 1.165) is 16.5 Å². The fourth-order valence-electron chi connectivity index (χ4n) is 1.75. The summed E-state index contributed by atoms with van der Waals surface area (Å²) in [5.41, 5.74) is 1.36. The summed E-state index contributed by atoms with van der Waals surface area (Å²) in [7, 11) is 0. The van der Waals surface area contributed by atoms with Crippen LogP contribution in [0.3, 0.4) is 0 Å². The Morgan fingerprint density at radius 3 is 2.92 bits per heavy atom. The van der Waals surface area contributed by atoms with Gasteiger partial charge in [-0.2, -0.15) is 0 Å². The number of nitrogens with zero attached hydrogens (tertiary/aromatic N) is 1. The summed E-state index contributed by atoms with van der Waals surface area (Å²) in [6.45, 7) is 0. The van der Waals surface area contributed by atoms with Crippen LogP contribution in [0.4, 0.5) is 0 Å². The summed E-state index contributed by atoms with van der Waals surface area (Å²) in [6.07, 6.45) is 4.20. The Kier molecular flexibility index (Phi) is 1.23. The van der Waals surface area contributed by atoms with Crippen LogP contribution in [-0.2, 0) is 4.79 Å². The van der Waals surface area contributed by atoms with Crippen LogP contribution in [-0.4, -0.2) is 5.91 Å². The molecule has 1 aliphatic heterocycles. The van der Waals surface area contributed by atoms with Crippen molar-refractivity contribution in [3.05, 3.63) is 34.3 Å². The van der Waals surface area contributed by atoms with Crippen molar-refractivity contribution in [3.8, 4) is 0 Å². The van der Waals surface area contributed by atoms with E-state index in [4.69, 9.17) is 0 Å². The summed E-state index contributed by atoms with van der Waals surface area (Å²) in [5.74, 6) is 0.623. The van der Waals surface area contributed by atoms with Crippen LogP contribution in [0.5, 0.6) is 0 Å². The molecule has 2 heteroatoms. The van der Waals surface area contributed by atoms with E-state index in [-0.39, 0.29) is 5.91 Å². The summed E-state index contributed by atoms with van der Waals surface area (Å²) in [4.78, 5) is 14.9. The maximum atomic E-state index is 11.0. The third kappa shape index (κ3) is 1.10. The lowest BCUT2D eigenvalue weighted by Gasteiger charge is -1.94. The fraction of sp³-hybridized carbons (Fsp3) is 0.273. The molecule has 1 heterocycles. The second-order valence-electron chi connectivity index (χ2n) is 3.69. The number of carbonyl (C=O) groups is 1. The minimum absolute atomic E-state index is 0.122. The number of benzene rings is 1. The Labute approximate surface area is 75.6 Å². The highest BCUT2D eigenvalue weighted by Crippen LogP contribution is 2.39. The molecule has 1 amide bonds. The van der Waals surface area contributed by atoms with Crippen LogP contribution in [0, 0.1) is 0 Å². The van der Waals surface area contributed by atoms with Gasteiger partial charge in [-0.25, -0.2) is 4.99 Å². The molecule has 1 aromatic carbocycles. The second-order valence-corrected chi connectivity index (χ2v) is 3.69. The molecule has 1 fully saturated rings. The topological polar surface area (TPSA) is 29.4 Å². The molecular formula is C11H9NO. The molecule has 0 bridgehead atoms. The highest BCUT2D eigenvalue weighted by atomic mass is 16.1. The molecule has 0 aromatic heterocycles. The normalized spacial score (nSPS) is 19.2. The zero-order valence-corrected chi connectivity index (χ0v) is 7.16. The zero-order valence-electron chi connectivity index (χ0n) is 7.16. The predicted molar refractivity (Wildman–Crippen MR) is 48.7 cm³/mol. The molecule has 0 N–H and O–H groups in total. The molecule has 0 saturated heterocycles. The Bertz CT molecular complexity index is 497. The third-order valence-corrected chi connectivity index (χ3v) is 2.61. The molecule has 0 atom stereocenters. The molecule has 3 rings (SSSR count). The van der Waals surface area contributed by atoms with Gasteiger partial charge in [-0.3, -0.25) is 4.79 Å². The molecule has 64 valence electrons. The van der Waals surface area contributed by atoms with E-state index < -0.39 is 0 Å². The first-order chi connectivity index (χ1) is 6.33. The number of amides is 1. The van der Waals surface area contributed by atoms with Gasteiger partial charge in [0, 0.05) is 11.3 Å². The van der Waals surface area contributed by atoms with Crippen molar-refractivity contribution in [1.29, 1.82) is 0 Å². The van der Waals surface area contributed by atoms with E-state index in [2.05, 4.69) is 17.1 Å². The second kappa shape index (κ2) is 2.28. The average Bonchev–Trinajstić information content (AvgIpc) is 2.87. The summed E-state index contributed by atoms with van der Waals surface area (Å²) < 4.78 is 0. The summed E-state index contributed by atoms with van der Waals surface area (Å²) >= 11 is 0. The van der Waals surface area contributed by atoms with Gasteiger partial charge in [0.05, 0.1) is 5.36 Å². The monoisotopic (exact) mass is 171 g/mol. The standard InChI is InChI=1S/C11H9NO/c13-11-6-9-5-8(7-1-2-7)3-4-10(9)12-11/h3-7H,1-2H2. The van der Waals surface area contributed by atoms with Crippen LogP contribution in [0.2, 0.25) is 0 Å². The van der Waals surface area contributed by atoms with E-state index in [1.54, 1.807) is 6.08 Å². The van der Waals surface area contributed by atoms with E-state index in [0.29, 0.717) is 0 Å². The van der Waals surface area contributed by atoms with Crippen LogP contribution >= 0.6 is 0 Å². The smallest absolute Gasteiger partial charge is 0.267 e. The fourth-order valence-corrected chi connectivity index (χ4v) is 1.75. The lowest BCUT2D eigenvalue weighted by molar-refractivity contribution is -0.112. The Morgan fingerprint density at radius 2 is 2.15 bits per heavy atom. The van der Waals surface area contributed by atoms with Gasteiger partial charge in [0.25, 0.3) is 5.91 Å². The van der Waals surface area contributed by atoms with Crippen molar-refractivity contribution < 1.29 is 4.79 Å². The van der Waals surface area contributed by atoms with Crippen molar-refractivity contribution in [3.63, 3.8) is 0 Å². The minimum atomic E-state index is -0.122. The van der Waals surface area contributed by atoms with Crippen LogP contribution in [0.25, 0.3) is 6.08 Å². The summed E-state index contributed by atoms with van der Waals surface area (Å²) in [6, 6.07) is 6.14. The van der Waals surface area contributed by atoms with Gasteiger partial charge in [-0.1, -0.05) is 6.07 Å². The molecule has 0 spiro atoms. The molecule has 1 aromatic rings. The molecule has 0 radical (unpaired) electrons. The van der Waals surface area contributed by atoms with Gasteiger partial charge < -0.3 is 0 Å². The molecule has 0 unspecified atom stereocenters. The lowest BCUT2D eigenvalue weighted by atomic mass is 10.1. The number of hydrogen-bond donors (Lipinski definition) is 0. The molecular weight excluding hydrogens is 162 g/mol. The Balaban J connectivity index is 2.24. The maximum absolute atomic E-state index is 11.0. The number of rotatable bonds is 1. The summed E-state index contributed by atoms with van der Waals surface area (Å²) in [5, 5.41) is 1.82. The van der Waals surface area contributed by atoms with Crippen LogP contribution < -0.4 is 10.6 Å². The molecule has 1 saturated carbocycles. The van der Waals surface area contributed by atoms with Gasteiger partial charge in [-0.15, -0.1) is 0 Å². The number of hydrogen-bond acceptors (Lipinski definition) is 1. The van der Waals surface area contributed by atoms with Gasteiger partial charge in [0.1, 0.15) is 0 Å². The van der Waals surface area contributed by atoms with E-state index in [9.17, 15) is 4.79 Å². The van der Waals surface area contributed by atoms with Gasteiger partial charge in [-0.05, 0) is 36.5 Å². The highest BCUT2D eigenvalue weighted by Gasteiger charge is 2.23. The first kappa shape index (κ1) is 7.01. The first-order valence-corrected chi connectivity index (χ1v) is 4.57. The van der Waals surface area contributed by atoms with E-state index in [1.807, 2.05) is 6.07 Å². The zero-order chi connectivity index (χ0) is 8.84. The molecule has 2 aliphatic rings. The predicted octanol–water partition coefficient (Wildman–Crippen LogP) is 0.504. The van der Waals surface area contributed by atoms with Crippen LogP contribution in [0.15, 0.2) is 23.2 Å². The average molecular weight is 171 g/mol. The van der Waals surface area contributed by atoms with Crippen molar-refractivity contribution in [1.82, 2.24) is 0 Å². The third-order valence-electron chi connectivity index (χ3n) is 2.61. The first-order valence-electron chi connectivity index (χ1n) is 4.57. The number of carbonyl (C=O) groups excluding carboxylic acids is 1. The van der Waals surface area contributed by atoms with E-state index in [1.165, 1.54) is 18.4 Å². The molecule has 1 aliphatic carbocycles. The largest absolute Gasteiger partial charge is 0.270 e. The van der Waals surface area contributed by atoms with Gasteiger partial charge in [0.2, 0.25) is 0 Å². The SMILES string of the molecule is O=C1C=c2cc(C3CC3)ccc2=N1. The lowest BCUT2D eigenvalue weighted by Crippen LogP contribution is -2.21. The van der Waals surface area contributed by atoms with Crippen molar-refractivity contribution in [2.24, 2.45) is 4.99 Å². The van der Waals surface area contributed by atoms with Crippen molar-refractivity contribution >= 4 is 12.0 Å². The van der Waals surface area contributed by atoms with Gasteiger partial charge >= 0.3 is 0 Å². The van der Waals surface area contributed by atoms with Crippen molar-refractivity contribution in [2.75, 3.05) is 0 Å². The maximum Gasteiger partial charge on any atom is 0.270 e. The van der Waals surface area contributed by atoms with Gasteiger partial charge in [0.15, 0.2) is 0 Å². The molecule has 2 nitrogen and oxygen atoms in total. The quantitative estimate of drug-likeness (QED) is 0.605. The van der Waals surface area contributed by atoms with E-state index >= 15 is 0 Å². The Morgan fingerprint density at radius 1 is 1.31 bits per heavy atom.